The van der Waals surface area contributed by atoms with Crippen molar-refractivity contribution in [3.8, 4) is 5.75 Å². The maximum atomic E-state index is 12.3. The van der Waals surface area contributed by atoms with Crippen LogP contribution in [0.2, 0.25) is 0 Å². The first-order chi connectivity index (χ1) is 13.5. The van der Waals surface area contributed by atoms with Crippen LogP contribution in [-0.4, -0.2) is 21.2 Å². The van der Waals surface area contributed by atoms with E-state index >= 15 is 0 Å². The second-order valence-corrected chi connectivity index (χ2v) is 6.27. The predicted molar refractivity (Wildman–Crippen MR) is 108 cm³/mol. The van der Waals surface area contributed by atoms with Gasteiger partial charge in [-0.15, -0.1) is 0 Å². The summed E-state index contributed by atoms with van der Waals surface area (Å²) in [4.78, 5) is 27.6. The van der Waals surface area contributed by atoms with E-state index in [9.17, 15) is 9.59 Å². The summed E-state index contributed by atoms with van der Waals surface area (Å²) in [6, 6.07) is 14.3. The van der Waals surface area contributed by atoms with Crippen molar-refractivity contribution in [2.75, 3.05) is 5.32 Å². The van der Waals surface area contributed by atoms with Gasteiger partial charge >= 0.3 is 0 Å². The quantitative estimate of drug-likeness (QED) is 0.503. The molecule has 3 aromatic rings. The predicted octanol–water partition coefficient (Wildman–Crippen LogP) is 3.85. The molecule has 1 amide bonds. The molecular weight excluding hydrogens is 354 g/mol. The van der Waals surface area contributed by atoms with Crippen molar-refractivity contribution in [3.05, 3.63) is 84.0 Å². The monoisotopic (exact) mass is 375 g/mol. The molecule has 2 aromatic carbocycles. The molecule has 0 saturated carbocycles. The van der Waals surface area contributed by atoms with Gasteiger partial charge in [-0.1, -0.05) is 18.2 Å². The number of ketones is 1. The lowest BCUT2D eigenvalue weighted by Gasteiger charge is -2.06. The van der Waals surface area contributed by atoms with Crippen molar-refractivity contribution in [3.63, 3.8) is 0 Å². The first kappa shape index (κ1) is 19.1. The Kier molecular flexibility index (Phi) is 6.01. The lowest BCUT2D eigenvalue weighted by atomic mass is 10.1. The number of nitrogens with zero attached hydrogens (tertiary/aromatic N) is 2. The number of carbonyl (C=O) groups excluding carboxylic acids is 2. The van der Waals surface area contributed by atoms with Gasteiger partial charge in [-0.3, -0.25) is 9.59 Å². The molecule has 0 fully saturated rings. The van der Waals surface area contributed by atoms with Gasteiger partial charge in [0.1, 0.15) is 18.2 Å². The lowest BCUT2D eigenvalue weighted by molar-refractivity contribution is -0.114. The number of hydrogen-bond donors (Lipinski definition) is 1. The topological polar surface area (TPSA) is 73.2 Å². The van der Waals surface area contributed by atoms with Crippen molar-refractivity contribution >= 4 is 23.5 Å². The van der Waals surface area contributed by atoms with Gasteiger partial charge in [0.25, 0.3) is 0 Å². The molecule has 0 aliphatic heterocycles. The van der Waals surface area contributed by atoms with Crippen LogP contribution in [0.1, 0.15) is 28.7 Å². The number of benzene rings is 2. The Labute approximate surface area is 163 Å². The van der Waals surface area contributed by atoms with E-state index in [2.05, 4.69) is 10.3 Å². The molecule has 28 heavy (non-hydrogen) atoms. The van der Waals surface area contributed by atoms with E-state index in [0.29, 0.717) is 17.9 Å². The van der Waals surface area contributed by atoms with Crippen molar-refractivity contribution in [1.29, 1.82) is 0 Å². The number of hydrogen-bond acceptors (Lipinski definition) is 4. The minimum atomic E-state index is -0.120. The van der Waals surface area contributed by atoms with Crippen molar-refractivity contribution < 1.29 is 14.3 Å². The van der Waals surface area contributed by atoms with E-state index < -0.39 is 0 Å². The molecule has 1 N–H and O–H groups in total. The highest BCUT2D eigenvalue weighted by molar-refractivity contribution is 6.06. The fourth-order valence-electron chi connectivity index (χ4n) is 2.55. The zero-order valence-corrected chi connectivity index (χ0v) is 15.8. The summed E-state index contributed by atoms with van der Waals surface area (Å²) in [6.07, 6.45) is 6.85. The van der Waals surface area contributed by atoms with E-state index in [1.807, 2.05) is 29.9 Å². The Morgan fingerprint density at radius 3 is 2.43 bits per heavy atom. The van der Waals surface area contributed by atoms with Crippen molar-refractivity contribution in [2.24, 2.45) is 7.05 Å². The van der Waals surface area contributed by atoms with Crippen LogP contribution in [0, 0.1) is 0 Å². The second-order valence-electron chi connectivity index (χ2n) is 6.27. The van der Waals surface area contributed by atoms with Gasteiger partial charge < -0.3 is 14.6 Å². The number of anilines is 1. The SMILES string of the molecule is CC(=O)Nc1ccc(/C=C/C(=O)c2ccc(OCc3nccn3C)cc2)cc1. The number of amides is 1. The van der Waals surface area contributed by atoms with Gasteiger partial charge in [0.2, 0.25) is 5.91 Å². The average molecular weight is 375 g/mol. The number of allylic oxidation sites excluding steroid dienone is 1. The largest absolute Gasteiger partial charge is 0.486 e. The van der Waals surface area contributed by atoms with E-state index in [1.54, 1.807) is 48.7 Å². The second kappa shape index (κ2) is 8.81. The van der Waals surface area contributed by atoms with Crippen LogP contribution < -0.4 is 10.1 Å². The summed E-state index contributed by atoms with van der Waals surface area (Å²) in [5, 5.41) is 2.70. The summed E-state index contributed by atoms with van der Waals surface area (Å²) in [6.45, 7) is 1.83. The van der Waals surface area contributed by atoms with E-state index in [-0.39, 0.29) is 11.7 Å². The number of rotatable bonds is 7. The standard InChI is InChI=1S/C22H21N3O3/c1-16(26)24-19-8-3-17(4-9-19)5-12-21(27)18-6-10-20(11-7-18)28-15-22-23-13-14-25(22)2/h3-14H,15H2,1-2H3,(H,24,26)/b12-5+. The number of carbonyl (C=O) groups is 2. The molecule has 0 saturated heterocycles. The fraction of sp³-hybridized carbons (Fsp3) is 0.136. The maximum Gasteiger partial charge on any atom is 0.221 e. The highest BCUT2D eigenvalue weighted by atomic mass is 16.5. The van der Waals surface area contributed by atoms with Crippen molar-refractivity contribution in [1.82, 2.24) is 9.55 Å². The molecule has 1 aromatic heterocycles. The highest BCUT2D eigenvalue weighted by Gasteiger charge is 2.04. The Bertz CT molecular complexity index is 987. The molecule has 0 atom stereocenters. The van der Waals surface area contributed by atoms with Crippen LogP contribution in [0.4, 0.5) is 5.69 Å². The zero-order valence-electron chi connectivity index (χ0n) is 15.8. The molecule has 6 nitrogen and oxygen atoms in total. The molecule has 142 valence electrons. The van der Waals surface area contributed by atoms with Crippen LogP contribution in [0.25, 0.3) is 6.08 Å². The molecule has 1 heterocycles. The smallest absolute Gasteiger partial charge is 0.221 e. The Morgan fingerprint density at radius 2 is 1.82 bits per heavy atom. The van der Waals surface area contributed by atoms with Crippen LogP contribution in [0.5, 0.6) is 5.75 Å². The van der Waals surface area contributed by atoms with Gasteiger partial charge in [0.15, 0.2) is 5.78 Å². The highest BCUT2D eigenvalue weighted by Crippen LogP contribution is 2.15. The summed E-state index contributed by atoms with van der Waals surface area (Å²) < 4.78 is 7.59. The van der Waals surface area contributed by atoms with Gasteiger partial charge in [-0.25, -0.2) is 4.98 Å². The molecule has 0 spiro atoms. The third-order valence-electron chi connectivity index (χ3n) is 4.09. The third kappa shape index (κ3) is 5.17. The number of ether oxygens (including phenoxy) is 1. The average Bonchev–Trinajstić information content (AvgIpc) is 3.10. The fourth-order valence-corrected chi connectivity index (χ4v) is 2.55. The van der Waals surface area contributed by atoms with Gasteiger partial charge in [-0.2, -0.15) is 0 Å². The third-order valence-corrected chi connectivity index (χ3v) is 4.09. The van der Waals surface area contributed by atoms with Crippen LogP contribution >= 0.6 is 0 Å². The van der Waals surface area contributed by atoms with Gasteiger partial charge in [0, 0.05) is 37.6 Å². The summed E-state index contributed by atoms with van der Waals surface area (Å²) in [5.41, 5.74) is 2.17. The number of aryl methyl sites for hydroxylation is 1. The number of imidazole rings is 1. The molecule has 0 aliphatic rings. The normalized spacial score (nSPS) is 10.8. The van der Waals surface area contributed by atoms with Crippen LogP contribution in [0.3, 0.4) is 0 Å². The minimum Gasteiger partial charge on any atom is -0.486 e. The minimum absolute atomic E-state index is 0.0958. The molecule has 0 unspecified atom stereocenters. The van der Waals surface area contributed by atoms with E-state index in [1.165, 1.54) is 13.0 Å². The van der Waals surface area contributed by atoms with Gasteiger partial charge in [-0.05, 0) is 48.0 Å². The number of nitrogens with one attached hydrogen (secondary N) is 1. The Morgan fingerprint density at radius 1 is 1.11 bits per heavy atom. The van der Waals surface area contributed by atoms with Crippen LogP contribution in [-0.2, 0) is 18.4 Å². The number of aromatic nitrogens is 2. The zero-order chi connectivity index (χ0) is 19.9. The maximum absolute atomic E-state index is 12.3. The lowest BCUT2D eigenvalue weighted by Crippen LogP contribution is -2.05. The molecule has 0 radical (unpaired) electrons. The summed E-state index contributed by atoms with van der Waals surface area (Å²) >= 11 is 0. The van der Waals surface area contributed by atoms with Gasteiger partial charge in [0.05, 0.1) is 0 Å². The van der Waals surface area contributed by atoms with Crippen LogP contribution in [0.15, 0.2) is 67.0 Å². The van der Waals surface area contributed by atoms with Crippen molar-refractivity contribution in [2.45, 2.75) is 13.5 Å². The first-order valence-electron chi connectivity index (χ1n) is 8.80. The Hall–Kier alpha value is -3.67. The molecule has 3 rings (SSSR count). The molecule has 0 bridgehead atoms. The molecule has 6 heteroatoms. The molecule has 0 aliphatic carbocycles. The van der Waals surface area contributed by atoms with E-state index in [4.69, 9.17) is 4.74 Å². The summed E-state index contributed by atoms with van der Waals surface area (Å²) in [5.74, 6) is 1.29. The van der Waals surface area contributed by atoms with E-state index in [0.717, 1.165) is 17.1 Å². The first-order valence-corrected chi connectivity index (χ1v) is 8.80. The summed E-state index contributed by atoms with van der Waals surface area (Å²) in [7, 11) is 1.91. The molecular formula is C22H21N3O3. The Balaban J connectivity index is 1.57.